The molecule has 186 valence electrons. The van der Waals surface area contributed by atoms with Crippen LogP contribution in [0, 0.1) is 5.82 Å². The van der Waals surface area contributed by atoms with Gasteiger partial charge in [0, 0.05) is 17.3 Å². The summed E-state index contributed by atoms with van der Waals surface area (Å²) < 4.78 is 31.7. The highest BCUT2D eigenvalue weighted by molar-refractivity contribution is 7.98. The average Bonchev–Trinajstić information content (AvgIpc) is 3.46. The van der Waals surface area contributed by atoms with Gasteiger partial charge in [0.15, 0.2) is 5.82 Å². The Kier molecular flexibility index (Phi) is 6.67. The van der Waals surface area contributed by atoms with E-state index < -0.39 is 17.5 Å². The van der Waals surface area contributed by atoms with Crippen molar-refractivity contribution in [1.82, 2.24) is 29.1 Å². The number of anilines is 1. The van der Waals surface area contributed by atoms with E-state index in [-0.39, 0.29) is 35.1 Å². The maximum atomic E-state index is 14.8. The van der Waals surface area contributed by atoms with Gasteiger partial charge in [-0.15, -0.1) is 11.8 Å². The van der Waals surface area contributed by atoms with Crippen molar-refractivity contribution in [3.8, 4) is 5.69 Å². The zero-order valence-corrected chi connectivity index (χ0v) is 21.0. The van der Waals surface area contributed by atoms with Gasteiger partial charge in [0.05, 0.1) is 29.2 Å². The fourth-order valence-corrected chi connectivity index (χ4v) is 4.94. The first-order valence-electron chi connectivity index (χ1n) is 11.2. The third-order valence-electron chi connectivity index (χ3n) is 5.90. The summed E-state index contributed by atoms with van der Waals surface area (Å²) in [6, 6.07) is 7.22. The van der Waals surface area contributed by atoms with Crippen LogP contribution in [0.5, 0.6) is 0 Å². The molecule has 0 fully saturated rings. The SMILES string of the molecule is CC[C@H](F)CN(Cc1nn2ccc(Cl)c2c(=O)n1-c1cccc(F)c1)c1ncnc2[nH]cc(SC)c12. The third-order valence-corrected chi connectivity index (χ3v) is 6.96. The lowest BCUT2D eigenvalue weighted by Crippen LogP contribution is -2.35. The Morgan fingerprint density at radius 1 is 1.28 bits per heavy atom. The summed E-state index contributed by atoms with van der Waals surface area (Å²) in [6.07, 6.45) is 5.88. The second-order valence-electron chi connectivity index (χ2n) is 8.16. The fraction of sp³-hybridized carbons (Fsp3) is 0.250. The number of thioether (sulfide) groups is 1. The number of fused-ring (bicyclic) bond motifs is 2. The van der Waals surface area contributed by atoms with Crippen LogP contribution < -0.4 is 10.5 Å². The predicted molar refractivity (Wildman–Crippen MR) is 138 cm³/mol. The summed E-state index contributed by atoms with van der Waals surface area (Å²) >= 11 is 7.78. The molecule has 0 saturated carbocycles. The summed E-state index contributed by atoms with van der Waals surface area (Å²) in [5, 5.41) is 5.60. The maximum Gasteiger partial charge on any atom is 0.284 e. The zero-order valence-electron chi connectivity index (χ0n) is 19.5. The minimum absolute atomic E-state index is 0.00507. The fourth-order valence-electron chi connectivity index (χ4n) is 4.14. The van der Waals surface area contributed by atoms with Gasteiger partial charge in [-0.3, -0.25) is 9.36 Å². The summed E-state index contributed by atoms with van der Waals surface area (Å²) in [5.41, 5.74) is 0.596. The van der Waals surface area contributed by atoms with Crippen LogP contribution >= 0.6 is 23.4 Å². The number of nitrogens with zero attached hydrogens (tertiary/aromatic N) is 6. The zero-order chi connectivity index (χ0) is 25.4. The molecule has 1 aromatic carbocycles. The first-order valence-corrected chi connectivity index (χ1v) is 12.8. The number of H-pyrrole nitrogens is 1. The lowest BCUT2D eigenvalue weighted by Gasteiger charge is -2.26. The van der Waals surface area contributed by atoms with E-state index in [1.54, 1.807) is 30.2 Å². The highest BCUT2D eigenvalue weighted by Crippen LogP contribution is 2.33. The van der Waals surface area contributed by atoms with Gasteiger partial charge in [0.1, 0.15) is 35.3 Å². The van der Waals surface area contributed by atoms with E-state index in [4.69, 9.17) is 11.6 Å². The number of alkyl halides is 1. The van der Waals surface area contributed by atoms with Crippen LogP contribution in [-0.4, -0.2) is 48.1 Å². The molecule has 0 saturated heterocycles. The number of halogens is 3. The van der Waals surface area contributed by atoms with Crippen molar-refractivity contribution in [3.05, 3.63) is 76.1 Å². The number of benzene rings is 1. The number of nitrogens with one attached hydrogen (secondary N) is 1. The second-order valence-corrected chi connectivity index (χ2v) is 9.41. The highest BCUT2D eigenvalue weighted by atomic mass is 35.5. The van der Waals surface area contributed by atoms with Gasteiger partial charge in [-0.1, -0.05) is 24.6 Å². The van der Waals surface area contributed by atoms with Crippen LogP contribution in [-0.2, 0) is 6.54 Å². The van der Waals surface area contributed by atoms with Gasteiger partial charge >= 0.3 is 0 Å². The number of rotatable bonds is 8. The van der Waals surface area contributed by atoms with Crippen molar-refractivity contribution in [2.24, 2.45) is 0 Å². The standard InChI is InChI=1S/C24H22ClF2N7OS/c1-3-14(26)11-32(23-20-18(36-2)10-28-22(20)29-13-30-23)12-19-31-33-8-7-17(25)21(33)24(35)34(19)16-6-4-5-15(27)9-16/h4-10,13-14H,3,11-12H2,1-2H3,(H,28,29,30)/t14-/m0/s1. The predicted octanol–water partition coefficient (Wildman–Crippen LogP) is 5.03. The van der Waals surface area contributed by atoms with E-state index in [2.05, 4.69) is 20.1 Å². The first kappa shape index (κ1) is 24.3. The van der Waals surface area contributed by atoms with E-state index in [1.165, 1.54) is 45.4 Å². The van der Waals surface area contributed by atoms with Crippen LogP contribution in [0.4, 0.5) is 14.6 Å². The van der Waals surface area contributed by atoms with Gasteiger partial charge in [-0.2, -0.15) is 5.10 Å². The van der Waals surface area contributed by atoms with E-state index in [9.17, 15) is 13.6 Å². The topological polar surface area (TPSA) is 84.1 Å². The van der Waals surface area contributed by atoms with Gasteiger partial charge in [-0.25, -0.2) is 23.3 Å². The van der Waals surface area contributed by atoms with Crippen LogP contribution in [0.1, 0.15) is 19.2 Å². The third kappa shape index (κ3) is 4.33. The van der Waals surface area contributed by atoms with Crippen molar-refractivity contribution in [2.45, 2.75) is 31.0 Å². The molecule has 0 amide bonds. The lowest BCUT2D eigenvalue weighted by molar-refractivity contribution is 0.323. The molecule has 0 bridgehead atoms. The minimum Gasteiger partial charge on any atom is -0.345 e. The molecule has 0 aliphatic rings. The molecule has 0 unspecified atom stereocenters. The smallest absolute Gasteiger partial charge is 0.284 e. The van der Waals surface area contributed by atoms with Gasteiger partial charge in [-0.05, 0) is 36.9 Å². The number of aromatic amines is 1. The molecular formula is C24H22ClF2N7OS. The highest BCUT2D eigenvalue weighted by Gasteiger charge is 2.24. The minimum atomic E-state index is -1.16. The molecule has 36 heavy (non-hydrogen) atoms. The van der Waals surface area contributed by atoms with Crippen molar-refractivity contribution < 1.29 is 8.78 Å². The molecule has 12 heteroatoms. The number of aromatic nitrogens is 6. The van der Waals surface area contributed by atoms with Gasteiger partial charge in [0.2, 0.25) is 0 Å². The van der Waals surface area contributed by atoms with Crippen LogP contribution in [0.15, 0.2) is 58.7 Å². The molecule has 4 aromatic heterocycles. The Hall–Kier alpha value is -3.44. The van der Waals surface area contributed by atoms with Crippen molar-refractivity contribution in [2.75, 3.05) is 17.7 Å². The number of hydrogen-bond acceptors (Lipinski definition) is 6. The molecule has 5 aromatic rings. The molecule has 1 N–H and O–H groups in total. The molecule has 1 atom stereocenters. The first-order chi connectivity index (χ1) is 17.4. The van der Waals surface area contributed by atoms with E-state index in [0.717, 1.165) is 10.3 Å². The Morgan fingerprint density at radius 3 is 2.86 bits per heavy atom. The molecule has 0 spiro atoms. The van der Waals surface area contributed by atoms with E-state index >= 15 is 0 Å². The van der Waals surface area contributed by atoms with Crippen LogP contribution in [0.25, 0.3) is 22.2 Å². The lowest BCUT2D eigenvalue weighted by atomic mass is 10.2. The molecule has 5 rings (SSSR count). The molecule has 4 heterocycles. The average molecular weight is 530 g/mol. The maximum absolute atomic E-state index is 14.8. The summed E-state index contributed by atoms with van der Waals surface area (Å²) in [6.45, 7) is 1.78. The van der Waals surface area contributed by atoms with Crippen molar-refractivity contribution >= 4 is 45.7 Å². The van der Waals surface area contributed by atoms with E-state index in [0.29, 0.717) is 17.9 Å². The van der Waals surface area contributed by atoms with Gasteiger partial charge < -0.3 is 9.88 Å². The summed E-state index contributed by atoms with van der Waals surface area (Å²) in [7, 11) is 0. The van der Waals surface area contributed by atoms with Crippen molar-refractivity contribution in [1.29, 1.82) is 0 Å². The van der Waals surface area contributed by atoms with Crippen molar-refractivity contribution in [3.63, 3.8) is 0 Å². The normalized spacial score (nSPS) is 12.5. The Labute approximate surface area is 213 Å². The Morgan fingerprint density at radius 2 is 2.11 bits per heavy atom. The summed E-state index contributed by atoms with van der Waals surface area (Å²) in [4.78, 5) is 28.1. The quantitative estimate of drug-likeness (QED) is 0.284. The molecule has 0 aliphatic heterocycles. The Balaban J connectivity index is 1.72. The largest absolute Gasteiger partial charge is 0.345 e. The monoisotopic (exact) mass is 529 g/mol. The Bertz CT molecular complexity index is 1620. The molecule has 8 nitrogen and oxygen atoms in total. The summed E-state index contributed by atoms with van der Waals surface area (Å²) in [5.74, 6) is 0.266. The van der Waals surface area contributed by atoms with Gasteiger partial charge in [0.25, 0.3) is 5.56 Å². The molecule has 0 radical (unpaired) electrons. The molecule has 0 aliphatic carbocycles. The molecular weight excluding hydrogens is 508 g/mol. The van der Waals surface area contributed by atoms with Crippen LogP contribution in [0.3, 0.4) is 0 Å². The van der Waals surface area contributed by atoms with Crippen LogP contribution in [0.2, 0.25) is 5.02 Å². The second kappa shape index (κ2) is 9.90. The van der Waals surface area contributed by atoms with E-state index in [1.807, 2.05) is 12.5 Å². The number of hydrogen-bond donors (Lipinski definition) is 1.